The minimum atomic E-state index is -4.13. The SMILES string of the molecule is CCOC(=O)CC(=O)CC1CCC(C(F)(F)F)CC1. The summed E-state index contributed by atoms with van der Waals surface area (Å²) in [6.45, 7) is 1.88. The molecule has 0 atom stereocenters. The number of esters is 1. The van der Waals surface area contributed by atoms with Crippen molar-refractivity contribution in [2.24, 2.45) is 11.8 Å². The lowest BCUT2D eigenvalue weighted by molar-refractivity contribution is -0.184. The molecule has 0 heterocycles. The number of carbonyl (C=O) groups is 2. The van der Waals surface area contributed by atoms with E-state index in [0.717, 1.165) is 0 Å². The molecular formula is C13H19F3O3. The monoisotopic (exact) mass is 280 g/mol. The molecule has 0 radical (unpaired) electrons. The van der Waals surface area contributed by atoms with Crippen LogP contribution in [0.4, 0.5) is 13.2 Å². The van der Waals surface area contributed by atoms with E-state index < -0.39 is 18.1 Å². The summed E-state index contributed by atoms with van der Waals surface area (Å²) in [7, 11) is 0. The Hall–Kier alpha value is -1.07. The summed E-state index contributed by atoms with van der Waals surface area (Å²) < 4.78 is 42.0. The predicted octanol–water partition coefficient (Wildman–Crippen LogP) is 3.27. The fraction of sp³-hybridized carbons (Fsp3) is 0.846. The summed E-state index contributed by atoms with van der Waals surface area (Å²) in [5.74, 6) is -2.06. The van der Waals surface area contributed by atoms with Gasteiger partial charge in [-0.15, -0.1) is 0 Å². The zero-order valence-corrected chi connectivity index (χ0v) is 11.0. The van der Waals surface area contributed by atoms with Crippen LogP contribution in [0, 0.1) is 11.8 Å². The van der Waals surface area contributed by atoms with Gasteiger partial charge in [0.05, 0.1) is 12.5 Å². The second-order valence-electron chi connectivity index (χ2n) is 4.98. The minimum absolute atomic E-state index is 0.0273. The highest BCUT2D eigenvalue weighted by Crippen LogP contribution is 2.40. The molecule has 0 saturated heterocycles. The highest BCUT2D eigenvalue weighted by molar-refractivity contribution is 5.95. The summed E-state index contributed by atoms with van der Waals surface area (Å²) in [5, 5.41) is 0. The third kappa shape index (κ3) is 5.61. The Morgan fingerprint density at radius 1 is 1.16 bits per heavy atom. The number of rotatable bonds is 5. The van der Waals surface area contributed by atoms with Gasteiger partial charge in [0.2, 0.25) is 0 Å². The molecule has 110 valence electrons. The van der Waals surface area contributed by atoms with Crippen molar-refractivity contribution in [2.45, 2.75) is 51.6 Å². The van der Waals surface area contributed by atoms with Gasteiger partial charge in [-0.1, -0.05) is 0 Å². The smallest absolute Gasteiger partial charge is 0.391 e. The molecule has 1 aliphatic carbocycles. The molecule has 0 aromatic rings. The van der Waals surface area contributed by atoms with Crippen LogP contribution in [0.15, 0.2) is 0 Å². The van der Waals surface area contributed by atoms with E-state index in [1.54, 1.807) is 6.92 Å². The largest absolute Gasteiger partial charge is 0.466 e. The lowest BCUT2D eigenvalue weighted by atomic mass is 9.79. The summed E-state index contributed by atoms with van der Waals surface area (Å²) in [6, 6.07) is 0. The number of Topliss-reactive ketones (excluding diaryl/α,β-unsaturated/α-hetero) is 1. The Morgan fingerprint density at radius 2 is 1.74 bits per heavy atom. The average Bonchev–Trinajstić information content (AvgIpc) is 2.28. The van der Waals surface area contributed by atoms with Crippen molar-refractivity contribution in [3.63, 3.8) is 0 Å². The number of carbonyl (C=O) groups excluding carboxylic acids is 2. The maximum Gasteiger partial charge on any atom is 0.391 e. The molecule has 1 fully saturated rings. The molecule has 1 rings (SSSR count). The van der Waals surface area contributed by atoms with Gasteiger partial charge in [-0.25, -0.2) is 0 Å². The van der Waals surface area contributed by atoms with Crippen LogP contribution in [0.1, 0.15) is 45.4 Å². The molecule has 0 unspecified atom stereocenters. The average molecular weight is 280 g/mol. The second kappa shape index (κ2) is 6.91. The van der Waals surface area contributed by atoms with Gasteiger partial charge in [-0.3, -0.25) is 9.59 Å². The van der Waals surface area contributed by atoms with Gasteiger partial charge in [0.1, 0.15) is 12.2 Å². The number of hydrogen-bond acceptors (Lipinski definition) is 3. The standard InChI is InChI=1S/C13H19F3O3/c1-2-19-12(18)8-11(17)7-9-3-5-10(6-4-9)13(14,15)16/h9-10H,2-8H2,1H3. The van der Waals surface area contributed by atoms with Gasteiger partial charge < -0.3 is 4.74 Å². The summed E-state index contributed by atoms with van der Waals surface area (Å²) in [4.78, 5) is 22.6. The van der Waals surface area contributed by atoms with Gasteiger partial charge in [0, 0.05) is 6.42 Å². The first-order valence-electron chi connectivity index (χ1n) is 6.57. The van der Waals surface area contributed by atoms with Gasteiger partial charge in [0.15, 0.2) is 0 Å². The van der Waals surface area contributed by atoms with Crippen molar-refractivity contribution in [3.8, 4) is 0 Å². The number of hydrogen-bond donors (Lipinski definition) is 0. The maximum atomic E-state index is 12.5. The molecule has 0 aromatic carbocycles. The Morgan fingerprint density at radius 3 is 2.21 bits per heavy atom. The van der Waals surface area contributed by atoms with Crippen LogP contribution < -0.4 is 0 Å². The zero-order chi connectivity index (χ0) is 14.5. The number of halogens is 3. The molecule has 0 N–H and O–H groups in total. The molecular weight excluding hydrogens is 261 g/mol. The first-order valence-corrected chi connectivity index (χ1v) is 6.57. The fourth-order valence-electron chi connectivity index (χ4n) is 2.46. The minimum Gasteiger partial charge on any atom is -0.466 e. The maximum absolute atomic E-state index is 12.5. The molecule has 0 bridgehead atoms. The van der Waals surface area contributed by atoms with E-state index in [-0.39, 0.29) is 44.0 Å². The number of alkyl halides is 3. The molecule has 0 spiro atoms. The molecule has 19 heavy (non-hydrogen) atoms. The van der Waals surface area contributed by atoms with Gasteiger partial charge >= 0.3 is 12.1 Å². The lowest BCUT2D eigenvalue weighted by Gasteiger charge is -2.29. The van der Waals surface area contributed by atoms with Crippen LogP contribution in [-0.4, -0.2) is 24.5 Å². The van der Waals surface area contributed by atoms with Crippen LogP contribution in [0.5, 0.6) is 0 Å². The van der Waals surface area contributed by atoms with Crippen LogP contribution in [0.2, 0.25) is 0 Å². The van der Waals surface area contributed by atoms with Crippen LogP contribution in [-0.2, 0) is 14.3 Å². The van der Waals surface area contributed by atoms with Gasteiger partial charge in [-0.2, -0.15) is 13.2 Å². The summed E-state index contributed by atoms with van der Waals surface area (Å²) in [6.07, 6.45) is -3.24. The first kappa shape index (κ1) is 16.0. The molecule has 1 aliphatic rings. The quantitative estimate of drug-likeness (QED) is 0.573. The Labute approximate surface area is 110 Å². The lowest BCUT2D eigenvalue weighted by Crippen LogP contribution is -2.28. The molecule has 3 nitrogen and oxygen atoms in total. The van der Waals surface area contributed by atoms with E-state index in [9.17, 15) is 22.8 Å². The molecule has 0 amide bonds. The number of ketones is 1. The predicted molar refractivity (Wildman–Crippen MR) is 62.4 cm³/mol. The Kier molecular flexibility index (Phi) is 5.82. The fourth-order valence-corrected chi connectivity index (χ4v) is 2.46. The van der Waals surface area contributed by atoms with Crippen LogP contribution >= 0.6 is 0 Å². The molecule has 1 saturated carbocycles. The molecule has 6 heteroatoms. The van der Waals surface area contributed by atoms with E-state index in [0.29, 0.717) is 12.8 Å². The molecule has 0 aromatic heterocycles. The van der Waals surface area contributed by atoms with Crippen molar-refractivity contribution in [2.75, 3.05) is 6.61 Å². The first-order chi connectivity index (χ1) is 8.82. The van der Waals surface area contributed by atoms with E-state index in [4.69, 9.17) is 0 Å². The van der Waals surface area contributed by atoms with Crippen molar-refractivity contribution >= 4 is 11.8 Å². The van der Waals surface area contributed by atoms with E-state index in [2.05, 4.69) is 4.74 Å². The van der Waals surface area contributed by atoms with E-state index >= 15 is 0 Å². The summed E-state index contributed by atoms with van der Waals surface area (Å²) in [5.41, 5.74) is 0. The Bertz CT molecular complexity index is 318. The number of ether oxygens (including phenoxy) is 1. The van der Waals surface area contributed by atoms with Crippen LogP contribution in [0.25, 0.3) is 0 Å². The topological polar surface area (TPSA) is 43.4 Å². The normalized spacial score (nSPS) is 24.0. The third-order valence-corrected chi connectivity index (χ3v) is 3.47. The van der Waals surface area contributed by atoms with E-state index in [1.165, 1.54) is 0 Å². The Balaban J connectivity index is 2.29. The van der Waals surface area contributed by atoms with E-state index in [1.807, 2.05) is 0 Å². The highest BCUT2D eigenvalue weighted by atomic mass is 19.4. The molecule has 0 aliphatic heterocycles. The van der Waals surface area contributed by atoms with Gasteiger partial charge in [0.25, 0.3) is 0 Å². The zero-order valence-electron chi connectivity index (χ0n) is 11.0. The van der Waals surface area contributed by atoms with Crippen molar-refractivity contribution < 1.29 is 27.5 Å². The second-order valence-corrected chi connectivity index (χ2v) is 4.98. The summed E-state index contributed by atoms with van der Waals surface area (Å²) >= 11 is 0. The van der Waals surface area contributed by atoms with Crippen molar-refractivity contribution in [3.05, 3.63) is 0 Å². The van der Waals surface area contributed by atoms with Crippen molar-refractivity contribution in [1.82, 2.24) is 0 Å². The van der Waals surface area contributed by atoms with Crippen LogP contribution in [0.3, 0.4) is 0 Å². The van der Waals surface area contributed by atoms with Gasteiger partial charge in [-0.05, 0) is 38.5 Å². The van der Waals surface area contributed by atoms with Crippen molar-refractivity contribution in [1.29, 1.82) is 0 Å². The highest BCUT2D eigenvalue weighted by Gasteiger charge is 2.41. The third-order valence-electron chi connectivity index (χ3n) is 3.47.